The van der Waals surface area contributed by atoms with Crippen LogP contribution in [0, 0.1) is 0 Å². The van der Waals surface area contributed by atoms with Gasteiger partial charge >= 0.3 is 4.94 Å². The lowest BCUT2D eigenvalue weighted by Crippen LogP contribution is -1.80. The van der Waals surface area contributed by atoms with Crippen LogP contribution in [0.2, 0.25) is 0 Å². The SMILES string of the molecule is O=c1oc(-c2cc(-c3ccccc3)ns2)ns1. The van der Waals surface area contributed by atoms with Crippen LogP contribution < -0.4 is 4.94 Å². The van der Waals surface area contributed by atoms with Crippen molar-refractivity contribution in [2.45, 2.75) is 0 Å². The molecule has 6 heteroatoms. The van der Waals surface area contributed by atoms with Gasteiger partial charge in [-0.05, 0) is 17.6 Å². The molecule has 0 N–H and O–H groups in total. The largest absolute Gasteiger partial charge is 0.414 e. The third kappa shape index (κ3) is 2.04. The van der Waals surface area contributed by atoms with Crippen LogP contribution in [0.4, 0.5) is 0 Å². The van der Waals surface area contributed by atoms with Gasteiger partial charge in [0.1, 0.15) is 4.88 Å². The van der Waals surface area contributed by atoms with Crippen LogP contribution in [-0.4, -0.2) is 8.75 Å². The van der Waals surface area contributed by atoms with Crippen molar-refractivity contribution in [1.29, 1.82) is 0 Å². The summed E-state index contributed by atoms with van der Waals surface area (Å²) in [6, 6.07) is 11.7. The minimum Gasteiger partial charge on any atom is -0.393 e. The van der Waals surface area contributed by atoms with Crippen LogP contribution in [-0.2, 0) is 0 Å². The maximum atomic E-state index is 10.9. The number of nitrogens with zero attached hydrogens (tertiary/aromatic N) is 2. The minimum atomic E-state index is -0.394. The molecule has 0 aliphatic rings. The molecule has 0 aliphatic heterocycles. The Morgan fingerprint density at radius 1 is 1.06 bits per heavy atom. The molecule has 0 saturated heterocycles. The van der Waals surface area contributed by atoms with Crippen molar-refractivity contribution in [1.82, 2.24) is 8.75 Å². The highest BCUT2D eigenvalue weighted by atomic mass is 32.1. The Kier molecular flexibility index (Phi) is 2.58. The van der Waals surface area contributed by atoms with E-state index in [1.54, 1.807) is 0 Å². The van der Waals surface area contributed by atoms with Crippen LogP contribution >= 0.6 is 23.1 Å². The van der Waals surface area contributed by atoms with E-state index in [1.165, 1.54) is 11.5 Å². The molecule has 2 aromatic heterocycles. The molecule has 17 heavy (non-hydrogen) atoms. The third-order valence-electron chi connectivity index (χ3n) is 2.17. The summed E-state index contributed by atoms with van der Waals surface area (Å²) in [6.07, 6.45) is 0. The fraction of sp³-hybridized carbons (Fsp3) is 0. The van der Waals surface area contributed by atoms with Crippen LogP contribution in [0.5, 0.6) is 0 Å². The number of aromatic nitrogens is 2. The molecule has 0 spiro atoms. The highest BCUT2D eigenvalue weighted by Crippen LogP contribution is 2.28. The zero-order chi connectivity index (χ0) is 11.7. The van der Waals surface area contributed by atoms with Crippen LogP contribution in [0.15, 0.2) is 45.6 Å². The van der Waals surface area contributed by atoms with E-state index in [9.17, 15) is 4.79 Å². The molecule has 0 aliphatic carbocycles. The maximum Gasteiger partial charge on any atom is 0.414 e. The minimum absolute atomic E-state index is 0.347. The highest BCUT2D eigenvalue weighted by Gasteiger charge is 2.11. The highest BCUT2D eigenvalue weighted by molar-refractivity contribution is 7.10. The molecule has 4 nitrogen and oxygen atoms in total. The summed E-state index contributed by atoms with van der Waals surface area (Å²) in [6.45, 7) is 0. The second kappa shape index (κ2) is 4.23. The van der Waals surface area contributed by atoms with E-state index in [-0.39, 0.29) is 0 Å². The molecule has 0 atom stereocenters. The average Bonchev–Trinajstić information content (AvgIpc) is 2.98. The van der Waals surface area contributed by atoms with Gasteiger partial charge in [-0.2, -0.15) is 4.37 Å². The summed E-state index contributed by atoms with van der Waals surface area (Å²) < 4.78 is 13.2. The third-order valence-corrected chi connectivity index (χ3v) is 3.44. The molecule has 0 amide bonds. The quantitative estimate of drug-likeness (QED) is 0.712. The molecule has 3 rings (SSSR count). The van der Waals surface area contributed by atoms with Gasteiger partial charge in [0, 0.05) is 5.56 Å². The summed E-state index contributed by atoms with van der Waals surface area (Å²) in [7, 11) is 0. The first kappa shape index (κ1) is 10.4. The van der Waals surface area contributed by atoms with Crippen molar-refractivity contribution in [3.63, 3.8) is 0 Å². The molecule has 0 radical (unpaired) electrons. The molecular formula is C11H6N2O2S2. The van der Waals surface area contributed by atoms with E-state index >= 15 is 0 Å². The van der Waals surface area contributed by atoms with Crippen molar-refractivity contribution < 1.29 is 4.42 Å². The van der Waals surface area contributed by atoms with Gasteiger partial charge in [0.15, 0.2) is 0 Å². The molecule has 0 unspecified atom stereocenters. The Morgan fingerprint density at radius 3 is 2.59 bits per heavy atom. The molecule has 0 fully saturated rings. The van der Waals surface area contributed by atoms with Crippen LogP contribution in [0.1, 0.15) is 0 Å². The van der Waals surface area contributed by atoms with Gasteiger partial charge in [0.05, 0.1) is 17.2 Å². The Hall–Kier alpha value is -1.79. The summed E-state index contributed by atoms with van der Waals surface area (Å²) in [5.41, 5.74) is 1.90. The zero-order valence-corrected chi connectivity index (χ0v) is 10.1. The van der Waals surface area contributed by atoms with E-state index in [0.29, 0.717) is 5.89 Å². The van der Waals surface area contributed by atoms with E-state index in [2.05, 4.69) is 8.75 Å². The normalized spacial score (nSPS) is 10.6. The lowest BCUT2D eigenvalue weighted by Gasteiger charge is -1.92. The van der Waals surface area contributed by atoms with E-state index < -0.39 is 4.94 Å². The van der Waals surface area contributed by atoms with Crippen molar-refractivity contribution in [2.24, 2.45) is 0 Å². The number of hydrogen-bond donors (Lipinski definition) is 0. The first-order valence-corrected chi connectivity index (χ1v) is 6.37. The van der Waals surface area contributed by atoms with Crippen LogP contribution in [0.3, 0.4) is 0 Å². The molecule has 3 aromatic rings. The smallest absolute Gasteiger partial charge is 0.393 e. The monoisotopic (exact) mass is 262 g/mol. The van der Waals surface area contributed by atoms with Gasteiger partial charge in [-0.15, -0.1) is 4.37 Å². The Labute approximate surface area is 105 Å². The first-order valence-electron chi connectivity index (χ1n) is 4.82. The van der Waals surface area contributed by atoms with E-state index in [4.69, 9.17) is 4.42 Å². The summed E-state index contributed by atoms with van der Waals surface area (Å²) in [5.74, 6) is 0.347. The van der Waals surface area contributed by atoms with Gasteiger partial charge in [0.25, 0.3) is 5.89 Å². The van der Waals surface area contributed by atoms with Crippen molar-refractivity contribution in [3.05, 3.63) is 46.1 Å². The second-order valence-corrected chi connectivity index (χ2v) is 4.79. The molecule has 2 heterocycles. The van der Waals surface area contributed by atoms with Gasteiger partial charge in [0.2, 0.25) is 0 Å². The topological polar surface area (TPSA) is 56.0 Å². The van der Waals surface area contributed by atoms with Gasteiger partial charge in [-0.3, -0.25) is 0 Å². The Balaban J connectivity index is 2.01. The second-order valence-electron chi connectivity index (χ2n) is 3.28. The van der Waals surface area contributed by atoms with Crippen molar-refractivity contribution in [2.75, 3.05) is 0 Å². The predicted molar refractivity (Wildman–Crippen MR) is 67.2 cm³/mol. The average molecular weight is 262 g/mol. The summed E-state index contributed by atoms with van der Waals surface area (Å²) >= 11 is 2.08. The summed E-state index contributed by atoms with van der Waals surface area (Å²) in [4.78, 5) is 11.3. The number of benzene rings is 1. The van der Waals surface area contributed by atoms with Crippen LogP contribution in [0.25, 0.3) is 22.0 Å². The molecule has 1 aromatic carbocycles. The lowest BCUT2D eigenvalue weighted by atomic mass is 10.1. The standard InChI is InChI=1S/C11H6N2O2S2/c14-11-15-10(13-17-11)9-6-8(12-16-9)7-4-2-1-3-5-7/h1-6H. The fourth-order valence-electron chi connectivity index (χ4n) is 1.41. The number of rotatable bonds is 2. The van der Waals surface area contributed by atoms with Crippen molar-refractivity contribution >= 4 is 23.1 Å². The zero-order valence-electron chi connectivity index (χ0n) is 8.49. The molecule has 84 valence electrons. The maximum absolute atomic E-state index is 10.9. The fourth-order valence-corrected chi connectivity index (χ4v) is 2.56. The Morgan fingerprint density at radius 2 is 1.88 bits per heavy atom. The van der Waals surface area contributed by atoms with Gasteiger partial charge < -0.3 is 4.42 Å². The molecular weight excluding hydrogens is 256 g/mol. The first-order chi connectivity index (χ1) is 8.33. The van der Waals surface area contributed by atoms with E-state index in [0.717, 1.165) is 27.7 Å². The van der Waals surface area contributed by atoms with E-state index in [1.807, 2.05) is 36.4 Å². The molecule has 0 bridgehead atoms. The van der Waals surface area contributed by atoms with Gasteiger partial charge in [-0.1, -0.05) is 30.3 Å². The molecule has 0 saturated carbocycles. The number of hydrogen-bond acceptors (Lipinski definition) is 6. The lowest BCUT2D eigenvalue weighted by molar-refractivity contribution is 0.544. The predicted octanol–water partition coefficient (Wildman–Crippen LogP) is 2.89. The van der Waals surface area contributed by atoms with Crippen molar-refractivity contribution in [3.8, 4) is 22.0 Å². The summed E-state index contributed by atoms with van der Waals surface area (Å²) in [5, 5.41) is 0. The van der Waals surface area contributed by atoms with Gasteiger partial charge in [-0.25, -0.2) is 4.79 Å². The Bertz CT molecular complexity index is 685.